The minimum Gasteiger partial charge on any atom is -0.464 e. The molecule has 76 valence electrons. The van der Waals surface area contributed by atoms with Crippen LogP contribution in [-0.2, 0) is 0 Å². The van der Waals surface area contributed by atoms with Crippen LogP contribution < -0.4 is 4.74 Å². The molecule has 0 atom stereocenters. The quantitative estimate of drug-likeness (QED) is 0.596. The third kappa shape index (κ3) is 2.04. The Bertz CT molecular complexity index is 544. The fourth-order valence-corrected chi connectivity index (χ4v) is 2.29. The van der Waals surface area contributed by atoms with Crippen LogP contribution in [0.4, 0.5) is 0 Å². The van der Waals surface area contributed by atoms with Gasteiger partial charge in [0.05, 0.1) is 5.39 Å². The highest BCUT2D eigenvalue weighted by atomic mass is 35.5. The van der Waals surface area contributed by atoms with Gasteiger partial charge in [-0.15, -0.1) is 17.8 Å². The largest absolute Gasteiger partial charge is 0.464 e. The Hall–Kier alpha value is -1.31. The first-order valence-corrected chi connectivity index (χ1v) is 5.40. The minimum atomic E-state index is 0.177. The van der Waals surface area contributed by atoms with Crippen molar-refractivity contribution < 1.29 is 4.74 Å². The predicted octanol–water partition coefficient (Wildman–Crippen LogP) is 2.67. The van der Waals surface area contributed by atoms with Gasteiger partial charge in [0.25, 0.3) is 0 Å². The number of terminal acetylenes is 1. The molecule has 3 nitrogen and oxygen atoms in total. The maximum atomic E-state index is 5.76. The van der Waals surface area contributed by atoms with Gasteiger partial charge in [-0.3, -0.25) is 0 Å². The standard InChI is InChI=1S/C10H7ClN2OS/c1-3-4-14-8-7-5-6(2)15-9(7)13-10(11)12-8/h1,5H,4H2,2H3. The number of thiophene rings is 1. The number of rotatable bonds is 2. The van der Waals surface area contributed by atoms with Crippen LogP contribution in [0.15, 0.2) is 6.07 Å². The van der Waals surface area contributed by atoms with Gasteiger partial charge in [0.1, 0.15) is 4.83 Å². The van der Waals surface area contributed by atoms with Crippen LogP contribution in [0, 0.1) is 19.3 Å². The van der Waals surface area contributed by atoms with E-state index in [2.05, 4.69) is 15.9 Å². The Morgan fingerprint density at radius 3 is 3.13 bits per heavy atom. The molecule has 0 N–H and O–H groups in total. The molecule has 0 fully saturated rings. The van der Waals surface area contributed by atoms with E-state index in [9.17, 15) is 0 Å². The van der Waals surface area contributed by atoms with Crippen molar-refractivity contribution in [3.05, 3.63) is 16.2 Å². The molecule has 0 aliphatic carbocycles. The van der Waals surface area contributed by atoms with Crippen molar-refractivity contribution in [3.63, 3.8) is 0 Å². The van der Waals surface area contributed by atoms with E-state index in [-0.39, 0.29) is 11.9 Å². The Kier molecular flexibility index (Phi) is 2.76. The first-order chi connectivity index (χ1) is 7.20. The predicted molar refractivity (Wildman–Crippen MR) is 61.5 cm³/mol. The molecule has 0 unspecified atom stereocenters. The molecular weight excluding hydrogens is 232 g/mol. The van der Waals surface area contributed by atoms with E-state index in [0.29, 0.717) is 5.88 Å². The van der Waals surface area contributed by atoms with Crippen LogP contribution in [-0.4, -0.2) is 16.6 Å². The van der Waals surface area contributed by atoms with Crippen molar-refractivity contribution in [3.8, 4) is 18.2 Å². The van der Waals surface area contributed by atoms with Crippen molar-refractivity contribution in [1.29, 1.82) is 0 Å². The summed E-state index contributed by atoms with van der Waals surface area (Å²) in [5.41, 5.74) is 0. The van der Waals surface area contributed by atoms with Crippen molar-refractivity contribution in [1.82, 2.24) is 9.97 Å². The lowest BCUT2D eigenvalue weighted by Crippen LogP contribution is -1.97. The number of aromatic nitrogens is 2. The maximum Gasteiger partial charge on any atom is 0.227 e. The second-order valence-electron chi connectivity index (χ2n) is 2.87. The second-order valence-corrected chi connectivity index (χ2v) is 4.44. The van der Waals surface area contributed by atoms with Crippen molar-refractivity contribution >= 4 is 33.2 Å². The Labute approximate surface area is 96.1 Å². The van der Waals surface area contributed by atoms with Crippen LogP contribution in [0.25, 0.3) is 10.2 Å². The molecule has 2 aromatic heterocycles. The van der Waals surface area contributed by atoms with E-state index in [0.717, 1.165) is 15.1 Å². The second kappa shape index (κ2) is 4.05. The van der Waals surface area contributed by atoms with Crippen LogP contribution >= 0.6 is 22.9 Å². The highest BCUT2D eigenvalue weighted by Gasteiger charge is 2.10. The molecule has 2 heterocycles. The van der Waals surface area contributed by atoms with Gasteiger partial charge < -0.3 is 4.74 Å². The van der Waals surface area contributed by atoms with Crippen LogP contribution in [0.2, 0.25) is 5.28 Å². The summed E-state index contributed by atoms with van der Waals surface area (Å²) in [5.74, 6) is 2.84. The highest BCUT2D eigenvalue weighted by Crippen LogP contribution is 2.30. The molecule has 0 bridgehead atoms. The van der Waals surface area contributed by atoms with E-state index in [4.69, 9.17) is 22.8 Å². The smallest absolute Gasteiger partial charge is 0.227 e. The summed E-state index contributed by atoms with van der Waals surface area (Å²) in [6.45, 7) is 2.17. The molecule has 0 saturated heterocycles. The van der Waals surface area contributed by atoms with E-state index in [1.54, 1.807) is 11.3 Å². The first kappa shape index (κ1) is 10.2. The zero-order valence-electron chi connectivity index (χ0n) is 7.95. The van der Waals surface area contributed by atoms with Crippen molar-refractivity contribution in [2.24, 2.45) is 0 Å². The summed E-state index contributed by atoms with van der Waals surface area (Å²) in [4.78, 5) is 10.1. The zero-order chi connectivity index (χ0) is 10.8. The molecule has 0 saturated carbocycles. The van der Waals surface area contributed by atoms with Crippen LogP contribution in [0.5, 0.6) is 5.88 Å². The number of aryl methyl sites for hydroxylation is 1. The molecule has 0 spiro atoms. The fraction of sp³-hybridized carbons (Fsp3) is 0.200. The molecule has 15 heavy (non-hydrogen) atoms. The Morgan fingerprint density at radius 1 is 1.60 bits per heavy atom. The average Bonchev–Trinajstić information content (AvgIpc) is 2.54. The summed E-state index contributed by atoms with van der Waals surface area (Å²) >= 11 is 7.31. The van der Waals surface area contributed by atoms with Gasteiger partial charge in [-0.25, -0.2) is 4.98 Å². The minimum absolute atomic E-state index is 0.177. The number of hydrogen-bond donors (Lipinski definition) is 0. The van der Waals surface area contributed by atoms with Gasteiger partial charge in [0.15, 0.2) is 6.61 Å². The van der Waals surface area contributed by atoms with Gasteiger partial charge in [-0.2, -0.15) is 4.98 Å². The third-order valence-electron chi connectivity index (χ3n) is 1.75. The van der Waals surface area contributed by atoms with Gasteiger partial charge in [0.2, 0.25) is 11.2 Å². The molecular formula is C10H7ClN2OS. The van der Waals surface area contributed by atoms with Crippen LogP contribution in [0.1, 0.15) is 4.88 Å². The summed E-state index contributed by atoms with van der Waals surface area (Å²) < 4.78 is 5.30. The molecule has 0 aliphatic heterocycles. The van der Waals surface area contributed by atoms with E-state index in [1.807, 2.05) is 13.0 Å². The lowest BCUT2D eigenvalue weighted by atomic mass is 10.3. The van der Waals surface area contributed by atoms with E-state index >= 15 is 0 Å². The lowest BCUT2D eigenvalue weighted by Gasteiger charge is -2.01. The molecule has 0 aromatic carbocycles. The van der Waals surface area contributed by atoms with E-state index in [1.165, 1.54) is 0 Å². The summed E-state index contributed by atoms with van der Waals surface area (Å²) in [6, 6.07) is 1.96. The monoisotopic (exact) mass is 238 g/mol. The van der Waals surface area contributed by atoms with E-state index < -0.39 is 0 Å². The summed E-state index contributed by atoms with van der Waals surface area (Å²) in [7, 11) is 0. The van der Waals surface area contributed by atoms with Gasteiger partial charge in [-0.05, 0) is 24.6 Å². The zero-order valence-corrected chi connectivity index (χ0v) is 9.52. The Morgan fingerprint density at radius 2 is 2.40 bits per heavy atom. The van der Waals surface area contributed by atoms with Gasteiger partial charge >= 0.3 is 0 Å². The highest BCUT2D eigenvalue weighted by molar-refractivity contribution is 7.18. The third-order valence-corrected chi connectivity index (χ3v) is 2.86. The number of nitrogens with zero attached hydrogens (tertiary/aromatic N) is 2. The fourth-order valence-electron chi connectivity index (χ4n) is 1.21. The molecule has 0 radical (unpaired) electrons. The van der Waals surface area contributed by atoms with Crippen molar-refractivity contribution in [2.45, 2.75) is 6.92 Å². The molecule has 2 aromatic rings. The molecule has 0 amide bonds. The number of hydrogen-bond acceptors (Lipinski definition) is 4. The maximum absolute atomic E-state index is 5.76. The number of fused-ring (bicyclic) bond motifs is 1. The summed E-state index contributed by atoms with van der Waals surface area (Å²) in [5, 5.41) is 1.04. The van der Waals surface area contributed by atoms with Gasteiger partial charge in [-0.1, -0.05) is 5.92 Å². The summed E-state index contributed by atoms with van der Waals surface area (Å²) in [6.07, 6.45) is 5.11. The average molecular weight is 239 g/mol. The number of ether oxygens (including phenoxy) is 1. The molecule has 5 heteroatoms. The Balaban J connectivity index is 2.56. The molecule has 0 aliphatic rings. The molecule has 2 rings (SSSR count). The first-order valence-electron chi connectivity index (χ1n) is 4.20. The van der Waals surface area contributed by atoms with Crippen molar-refractivity contribution in [2.75, 3.05) is 6.61 Å². The topological polar surface area (TPSA) is 35.0 Å². The van der Waals surface area contributed by atoms with Crippen LogP contribution in [0.3, 0.4) is 0 Å². The SMILES string of the molecule is C#CCOc1nc(Cl)nc2sc(C)cc12. The normalized spacial score (nSPS) is 10.2. The number of halogens is 1. The van der Waals surface area contributed by atoms with Gasteiger partial charge in [0, 0.05) is 4.88 Å². The lowest BCUT2D eigenvalue weighted by molar-refractivity contribution is 0.360.